The first kappa shape index (κ1) is 12.5. The minimum Gasteiger partial charge on any atom is -0.495 e. The molecule has 0 bridgehead atoms. The summed E-state index contributed by atoms with van der Waals surface area (Å²) >= 11 is 0. The molecule has 2 N–H and O–H groups in total. The van der Waals surface area contributed by atoms with E-state index in [-0.39, 0.29) is 5.54 Å². The van der Waals surface area contributed by atoms with Gasteiger partial charge in [0, 0.05) is 29.2 Å². The van der Waals surface area contributed by atoms with Crippen LogP contribution < -0.4 is 10.5 Å². The van der Waals surface area contributed by atoms with Crippen LogP contribution >= 0.6 is 0 Å². The molecule has 0 spiro atoms. The fourth-order valence-electron chi connectivity index (χ4n) is 3.65. The van der Waals surface area contributed by atoms with E-state index < -0.39 is 0 Å². The lowest BCUT2D eigenvalue weighted by Crippen LogP contribution is -2.33. The SMILES string of the molecule is COc1cccc2c(C3(N)CCCC3)c(C)n(C)c12. The third-order valence-electron chi connectivity index (χ3n) is 4.68. The van der Waals surface area contributed by atoms with E-state index in [0.29, 0.717) is 0 Å². The summed E-state index contributed by atoms with van der Waals surface area (Å²) in [5, 5.41) is 1.25. The number of nitrogens with zero attached hydrogens (tertiary/aromatic N) is 1. The molecule has 3 nitrogen and oxygen atoms in total. The molecule has 0 radical (unpaired) electrons. The van der Waals surface area contributed by atoms with Gasteiger partial charge >= 0.3 is 0 Å². The van der Waals surface area contributed by atoms with E-state index in [9.17, 15) is 0 Å². The van der Waals surface area contributed by atoms with Crippen molar-refractivity contribution in [2.45, 2.75) is 38.1 Å². The molecule has 1 aliphatic rings. The maximum absolute atomic E-state index is 6.70. The Hall–Kier alpha value is -1.48. The van der Waals surface area contributed by atoms with Crippen LogP contribution in [0.2, 0.25) is 0 Å². The predicted molar refractivity (Wildman–Crippen MR) is 78.5 cm³/mol. The van der Waals surface area contributed by atoms with Gasteiger partial charge in [0.15, 0.2) is 0 Å². The molecule has 1 heterocycles. The fourth-order valence-corrected chi connectivity index (χ4v) is 3.65. The summed E-state index contributed by atoms with van der Waals surface area (Å²) in [7, 11) is 3.83. The number of ether oxygens (including phenoxy) is 1. The van der Waals surface area contributed by atoms with Crippen LogP contribution in [0.4, 0.5) is 0 Å². The van der Waals surface area contributed by atoms with Gasteiger partial charge in [0.1, 0.15) is 5.75 Å². The number of aryl methyl sites for hydroxylation is 1. The zero-order valence-electron chi connectivity index (χ0n) is 12.0. The molecule has 1 aromatic heterocycles. The molecule has 102 valence electrons. The average molecular weight is 258 g/mol. The Morgan fingerprint density at radius 3 is 2.58 bits per heavy atom. The number of nitrogens with two attached hydrogens (primary N) is 1. The van der Waals surface area contributed by atoms with Gasteiger partial charge < -0.3 is 15.0 Å². The zero-order valence-corrected chi connectivity index (χ0v) is 12.0. The highest BCUT2D eigenvalue weighted by Crippen LogP contribution is 2.43. The van der Waals surface area contributed by atoms with Gasteiger partial charge in [0.25, 0.3) is 0 Å². The van der Waals surface area contributed by atoms with Gasteiger partial charge in [-0.05, 0) is 25.8 Å². The molecule has 19 heavy (non-hydrogen) atoms. The van der Waals surface area contributed by atoms with Crippen molar-refractivity contribution in [2.24, 2.45) is 12.8 Å². The normalized spacial score (nSPS) is 18.1. The van der Waals surface area contributed by atoms with E-state index in [1.807, 2.05) is 6.07 Å². The third kappa shape index (κ3) is 1.68. The Kier molecular flexibility index (Phi) is 2.82. The summed E-state index contributed by atoms with van der Waals surface area (Å²) in [5.74, 6) is 0.927. The van der Waals surface area contributed by atoms with Crippen molar-refractivity contribution >= 4 is 10.9 Å². The van der Waals surface area contributed by atoms with Crippen LogP contribution in [0.15, 0.2) is 18.2 Å². The first-order valence-electron chi connectivity index (χ1n) is 7.00. The van der Waals surface area contributed by atoms with Gasteiger partial charge in [-0.3, -0.25) is 0 Å². The van der Waals surface area contributed by atoms with Gasteiger partial charge in [-0.1, -0.05) is 25.0 Å². The van der Waals surface area contributed by atoms with Crippen molar-refractivity contribution in [3.8, 4) is 5.75 Å². The number of hydrogen-bond donors (Lipinski definition) is 1. The molecule has 0 saturated heterocycles. The highest BCUT2D eigenvalue weighted by atomic mass is 16.5. The predicted octanol–water partition coefficient (Wildman–Crippen LogP) is 3.22. The Bertz CT molecular complexity index is 621. The number of para-hydroxylation sites is 1. The van der Waals surface area contributed by atoms with Crippen LogP contribution in [0.25, 0.3) is 10.9 Å². The highest BCUT2D eigenvalue weighted by Gasteiger charge is 2.36. The van der Waals surface area contributed by atoms with Gasteiger partial charge in [-0.25, -0.2) is 0 Å². The minimum absolute atomic E-state index is 0.157. The second-order valence-electron chi connectivity index (χ2n) is 5.74. The molecule has 1 aliphatic carbocycles. The molecule has 1 fully saturated rings. The van der Waals surface area contributed by atoms with E-state index in [0.717, 1.165) is 24.1 Å². The molecule has 0 unspecified atom stereocenters. The third-order valence-corrected chi connectivity index (χ3v) is 4.68. The van der Waals surface area contributed by atoms with Crippen LogP contribution in [0.3, 0.4) is 0 Å². The first-order valence-corrected chi connectivity index (χ1v) is 7.00. The van der Waals surface area contributed by atoms with Gasteiger partial charge in [0.2, 0.25) is 0 Å². The molecule has 3 rings (SSSR count). The standard InChI is InChI=1S/C16H22N2O/c1-11-14(16(17)9-4-5-10-16)12-7-6-8-13(19-3)15(12)18(11)2/h6-8H,4-5,9-10,17H2,1-3H3. The summed E-state index contributed by atoms with van der Waals surface area (Å²) in [4.78, 5) is 0. The topological polar surface area (TPSA) is 40.2 Å². The van der Waals surface area contributed by atoms with Crippen molar-refractivity contribution < 1.29 is 4.74 Å². The van der Waals surface area contributed by atoms with Crippen LogP contribution in [-0.4, -0.2) is 11.7 Å². The van der Waals surface area contributed by atoms with Gasteiger partial charge in [0.05, 0.1) is 12.6 Å². The lowest BCUT2D eigenvalue weighted by atomic mass is 9.87. The lowest BCUT2D eigenvalue weighted by molar-refractivity contribution is 0.418. The summed E-state index contributed by atoms with van der Waals surface area (Å²) in [6.45, 7) is 2.17. The summed E-state index contributed by atoms with van der Waals surface area (Å²) in [6, 6.07) is 6.25. The van der Waals surface area contributed by atoms with Crippen LogP contribution in [0, 0.1) is 6.92 Å². The van der Waals surface area contributed by atoms with Crippen LogP contribution in [0.5, 0.6) is 5.75 Å². The number of rotatable bonds is 2. The van der Waals surface area contributed by atoms with Crippen LogP contribution in [0.1, 0.15) is 36.9 Å². The van der Waals surface area contributed by atoms with Gasteiger partial charge in [-0.2, -0.15) is 0 Å². The maximum Gasteiger partial charge on any atom is 0.143 e. The Labute approximate surface area is 114 Å². The van der Waals surface area contributed by atoms with Crippen molar-refractivity contribution in [3.05, 3.63) is 29.5 Å². The van der Waals surface area contributed by atoms with Crippen molar-refractivity contribution in [1.82, 2.24) is 4.57 Å². The molecule has 3 heteroatoms. The van der Waals surface area contributed by atoms with E-state index >= 15 is 0 Å². The van der Waals surface area contributed by atoms with E-state index in [1.54, 1.807) is 7.11 Å². The molecule has 1 saturated carbocycles. The number of methoxy groups -OCH3 is 1. The molecule has 0 amide bonds. The molecular formula is C16H22N2O. The Morgan fingerprint density at radius 2 is 1.95 bits per heavy atom. The molecule has 0 aliphatic heterocycles. The number of benzene rings is 1. The number of aromatic nitrogens is 1. The Morgan fingerprint density at radius 1 is 1.26 bits per heavy atom. The summed E-state index contributed by atoms with van der Waals surface area (Å²) in [6.07, 6.45) is 4.64. The minimum atomic E-state index is -0.157. The molecular weight excluding hydrogens is 236 g/mol. The zero-order chi connectivity index (χ0) is 13.6. The highest BCUT2D eigenvalue weighted by molar-refractivity contribution is 5.91. The second-order valence-corrected chi connectivity index (χ2v) is 5.74. The molecule has 1 aromatic carbocycles. The van der Waals surface area contributed by atoms with E-state index in [1.165, 1.54) is 29.5 Å². The van der Waals surface area contributed by atoms with Crippen molar-refractivity contribution in [2.75, 3.05) is 7.11 Å². The largest absolute Gasteiger partial charge is 0.495 e. The van der Waals surface area contributed by atoms with Gasteiger partial charge in [-0.15, -0.1) is 0 Å². The van der Waals surface area contributed by atoms with Crippen LogP contribution in [-0.2, 0) is 12.6 Å². The maximum atomic E-state index is 6.70. The number of fused-ring (bicyclic) bond motifs is 1. The second kappa shape index (κ2) is 4.27. The van der Waals surface area contributed by atoms with E-state index in [4.69, 9.17) is 10.5 Å². The average Bonchev–Trinajstić information content (AvgIpc) is 2.94. The van der Waals surface area contributed by atoms with Crippen molar-refractivity contribution in [1.29, 1.82) is 0 Å². The lowest BCUT2D eigenvalue weighted by Gasteiger charge is -2.24. The summed E-state index contributed by atoms with van der Waals surface area (Å²) in [5.41, 5.74) is 10.3. The van der Waals surface area contributed by atoms with E-state index in [2.05, 4.69) is 30.7 Å². The molecule has 2 aromatic rings. The summed E-state index contributed by atoms with van der Waals surface area (Å²) < 4.78 is 7.73. The van der Waals surface area contributed by atoms with Crippen molar-refractivity contribution in [3.63, 3.8) is 0 Å². The smallest absolute Gasteiger partial charge is 0.143 e. The number of hydrogen-bond acceptors (Lipinski definition) is 2. The quantitative estimate of drug-likeness (QED) is 0.898. The molecule has 0 atom stereocenters. The fraction of sp³-hybridized carbons (Fsp3) is 0.500. The monoisotopic (exact) mass is 258 g/mol. The Balaban J connectivity index is 2.34. The first-order chi connectivity index (χ1) is 9.08.